The Labute approximate surface area is 174 Å². The molecule has 1 aromatic rings. The fourth-order valence-corrected chi connectivity index (χ4v) is 3.41. The number of nitrogens with zero attached hydrogens (tertiary/aromatic N) is 2. The molecular weight excluding hydrogens is 376 g/mol. The molecule has 1 saturated heterocycles. The van der Waals surface area contributed by atoms with Crippen molar-refractivity contribution in [1.29, 1.82) is 0 Å². The summed E-state index contributed by atoms with van der Waals surface area (Å²) in [6.07, 6.45) is 2.52. The van der Waals surface area contributed by atoms with Crippen LogP contribution in [0.3, 0.4) is 0 Å². The van der Waals surface area contributed by atoms with Crippen LogP contribution in [0.25, 0.3) is 0 Å². The molecule has 1 heterocycles. The van der Waals surface area contributed by atoms with Crippen molar-refractivity contribution in [3.63, 3.8) is 0 Å². The first kappa shape index (κ1) is 22.8. The molecule has 0 amide bonds. The van der Waals surface area contributed by atoms with Gasteiger partial charge in [-0.05, 0) is 45.7 Å². The number of guanidine groups is 1. The molecule has 158 valence electrons. The Morgan fingerprint density at radius 2 is 2.07 bits per heavy atom. The number of likely N-dealkylation sites (tertiary alicyclic amines) is 1. The summed E-state index contributed by atoms with van der Waals surface area (Å²) >= 11 is 6.04. The van der Waals surface area contributed by atoms with Crippen molar-refractivity contribution in [3.05, 3.63) is 28.8 Å². The molecule has 2 N–H and O–H groups in total. The Kier molecular flexibility index (Phi) is 9.88. The summed E-state index contributed by atoms with van der Waals surface area (Å²) in [5.41, 5.74) is 1.02. The van der Waals surface area contributed by atoms with Gasteiger partial charge in [0, 0.05) is 42.8 Å². The number of methoxy groups -OCH3 is 1. The van der Waals surface area contributed by atoms with Crippen LogP contribution in [0.4, 0.5) is 0 Å². The van der Waals surface area contributed by atoms with Gasteiger partial charge < -0.3 is 25.0 Å². The first-order valence-electron chi connectivity index (χ1n) is 10.2. The zero-order valence-corrected chi connectivity index (χ0v) is 18.4. The van der Waals surface area contributed by atoms with E-state index in [2.05, 4.69) is 36.3 Å². The zero-order valence-electron chi connectivity index (χ0n) is 17.6. The largest absolute Gasteiger partial charge is 0.496 e. The predicted octanol–water partition coefficient (Wildman–Crippen LogP) is 3.29. The number of ether oxygens (including phenoxy) is 2. The number of piperidine rings is 1. The number of hydrogen-bond acceptors (Lipinski definition) is 4. The molecule has 0 aliphatic carbocycles. The summed E-state index contributed by atoms with van der Waals surface area (Å²) in [5.74, 6) is 1.62. The summed E-state index contributed by atoms with van der Waals surface area (Å²) in [7, 11) is 1.66. The highest BCUT2D eigenvalue weighted by atomic mass is 35.5. The lowest BCUT2D eigenvalue weighted by atomic mass is 10.1. The second-order valence-corrected chi connectivity index (χ2v) is 7.77. The molecule has 1 aliphatic heterocycles. The van der Waals surface area contributed by atoms with Crippen LogP contribution in [-0.4, -0.2) is 62.9 Å². The molecule has 0 saturated carbocycles. The third-order valence-corrected chi connectivity index (χ3v) is 5.02. The normalized spacial score (nSPS) is 16.4. The zero-order chi connectivity index (χ0) is 20.4. The third-order valence-electron chi connectivity index (χ3n) is 4.79. The molecule has 0 atom stereocenters. The van der Waals surface area contributed by atoms with Crippen LogP contribution in [0.15, 0.2) is 23.2 Å². The van der Waals surface area contributed by atoms with Gasteiger partial charge >= 0.3 is 0 Å². The smallest absolute Gasteiger partial charge is 0.191 e. The van der Waals surface area contributed by atoms with Gasteiger partial charge in [0.05, 0.1) is 26.4 Å². The maximum Gasteiger partial charge on any atom is 0.191 e. The first-order chi connectivity index (χ1) is 13.5. The first-order valence-corrected chi connectivity index (χ1v) is 10.6. The van der Waals surface area contributed by atoms with E-state index in [-0.39, 0.29) is 0 Å². The average Bonchev–Trinajstić information content (AvgIpc) is 2.68. The molecule has 2 rings (SSSR count). The van der Waals surface area contributed by atoms with Gasteiger partial charge in [-0.2, -0.15) is 0 Å². The lowest BCUT2D eigenvalue weighted by molar-refractivity contribution is 0.0532. The standard InChI is InChI=1S/C21H35ClN4O2/c1-5-23-21(24-15-17-6-7-18(22)14-20(17)27-4)25-19-8-10-26(11-9-19)12-13-28-16(2)3/h6-7,14,16,19H,5,8-13,15H2,1-4H3,(H2,23,24,25). The minimum Gasteiger partial charge on any atom is -0.496 e. The van der Waals surface area contributed by atoms with Crippen molar-refractivity contribution in [3.8, 4) is 5.75 Å². The molecule has 0 spiro atoms. The van der Waals surface area contributed by atoms with Crippen LogP contribution >= 0.6 is 11.6 Å². The highest BCUT2D eigenvalue weighted by molar-refractivity contribution is 6.30. The lowest BCUT2D eigenvalue weighted by Crippen LogP contribution is -2.49. The van der Waals surface area contributed by atoms with Gasteiger partial charge in [0.1, 0.15) is 5.75 Å². The monoisotopic (exact) mass is 410 g/mol. The summed E-state index contributed by atoms with van der Waals surface area (Å²) in [5, 5.41) is 7.60. The van der Waals surface area contributed by atoms with Crippen LogP contribution in [0.1, 0.15) is 39.2 Å². The molecule has 0 bridgehead atoms. The van der Waals surface area contributed by atoms with Gasteiger partial charge in [0.25, 0.3) is 0 Å². The molecule has 0 unspecified atom stereocenters. The van der Waals surface area contributed by atoms with E-state index in [0.717, 1.165) is 62.9 Å². The van der Waals surface area contributed by atoms with E-state index in [1.54, 1.807) is 7.11 Å². The summed E-state index contributed by atoms with van der Waals surface area (Å²) in [4.78, 5) is 7.22. The van der Waals surface area contributed by atoms with Crippen molar-refractivity contribution in [2.45, 2.75) is 52.3 Å². The van der Waals surface area contributed by atoms with Crippen LogP contribution in [0.2, 0.25) is 5.02 Å². The van der Waals surface area contributed by atoms with E-state index in [1.807, 2.05) is 18.2 Å². The Morgan fingerprint density at radius 1 is 1.32 bits per heavy atom. The van der Waals surface area contributed by atoms with Crippen molar-refractivity contribution in [2.24, 2.45) is 4.99 Å². The molecule has 1 fully saturated rings. The van der Waals surface area contributed by atoms with E-state index < -0.39 is 0 Å². The third kappa shape index (κ3) is 7.86. The summed E-state index contributed by atoms with van der Waals surface area (Å²) in [6, 6.07) is 6.10. The van der Waals surface area contributed by atoms with Gasteiger partial charge in [-0.15, -0.1) is 0 Å². The number of halogens is 1. The highest BCUT2D eigenvalue weighted by Crippen LogP contribution is 2.23. The van der Waals surface area contributed by atoms with Gasteiger partial charge in [-0.1, -0.05) is 17.7 Å². The minimum absolute atomic E-state index is 0.303. The number of nitrogens with one attached hydrogen (secondary N) is 2. The van der Waals surface area contributed by atoms with Crippen LogP contribution in [0.5, 0.6) is 5.75 Å². The molecule has 7 heteroatoms. The van der Waals surface area contributed by atoms with Gasteiger partial charge in [-0.3, -0.25) is 0 Å². The Balaban J connectivity index is 1.85. The van der Waals surface area contributed by atoms with E-state index >= 15 is 0 Å². The van der Waals surface area contributed by atoms with Crippen molar-refractivity contribution < 1.29 is 9.47 Å². The second-order valence-electron chi connectivity index (χ2n) is 7.33. The fraction of sp³-hybridized carbons (Fsp3) is 0.667. The quantitative estimate of drug-likeness (QED) is 0.483. The van der Waals surface area contributed by atoms with E-state index in [9.17, 15) is 0 Å². The van der Waals surface area contributed by atoms with Crippen LogP contribution in [0, 0.1) is 0 Å². The van der Waals surface area contributed by atoms with E-state index in [1.165, 1.54) is 0 Å². The number of rotatable bonds is 9. The summed E-state index contributed by atoms with van der Waals surface area (Å²) in [6.45, 7) is 11.6. The molecule has 6 nitrogen and oxygen atoms in total. The lowest BCUT2D eigenvalue weighted by Gasteiger charge is -2.33. The van der Waals surface area contributed by atoms with Gasteiger partial charge in [0.2, 0.25) is 0 Å². The number of hydrogen-bond donors (Lipinski definition) is 2. The Morgan fingerprint density at radius 3 is 2.71 bits per heavy atom. The predicted molar refractivity (Wildman–Crippen MR) is 117 cm³/mol. The van der Waals surface area contributed by atoms with Gasteiger partial charge in [0.15, 0.2) is 5.96 Å². The molecule has 1 aromatic carbocycles. The van der Waals surface area contributed by atoms with Gasteiger partial charge in [-0.25, -0.2) is 4.99 Å². The minimum atomic E-state index is 0.303. The summed E-state index contributed by atoms with van der Waals surface area (Å²) < 4.78 is 11.1. The SMILES string of the molecule is CCNC(=NCc1ccc(Cl)cc1OC)NC1CCN(CCOC(C)C)CC1. The fourth-order valence-electron chi connectivity index (χ4n) is 3.25. The Hall–Kier alpha value is -1.50. The molecule has 1 aliphatic rings. The van der Waals surface area contributed by atoms with Crippen molar-refractivity contribution in [1.82, 2.24) is 15.5 Å². The number of benzene rings is 1. The second kappa shape index (κ2) is 12.1. The highest BCUT2D eigenvalue weighted by Gasteiger charge is 2.19. The molecule has 0 radical (unpaired) electrons. The van der Waals surface area contributed by atoms with Crippen molar-refractivity contribution in [2.75, 3.05) is 39.9 Å². The van der Waals surface area contributed by atoms with Crippen LogP contribution < -0.4 is 15.4 Å². The Bertz CT molecular complexity index is 616. The van der Waals surface area contributed by atoms with E-state index in [0.29, 0.717) is 23.7 Å². The average molecular weight is 411 g/mol. The molecular formula is C21H35ClN4O2. The molecule has 28 heavy (non-hydrogen) atoms. The van der Waals surface area contributed by atoms with Crippen molar-refractivity contribution >= 4 is 17.6 Å². The number of aliphatic imine (C=N–C) groups is 1. The maximum absolute atomic E-state index is 6.04. The molecule has 0 aromatic heterocycles. The topological polar surface area (TPSA) is 58.1 Å². The van der Waals surface area contributed by atoms with E-state index in [4.69, 9.17) is 26.1 Å². The maximum atomic E-state index is 6.04. The van der Waals surface area contributed by atoms with Crippen LogP contribution in [-0.2, 0) is 11.3 Å².